The third-order valence-electron chi connectivity index (χ3n) is 2.67. The van der Waals surface area contributed by atoms with Crippen molar-refractivity contribution in [3.63, 3.8) is 0 Å². The molecule has 0 bridgehead atoms. The van der Waals surface area contributed by atoms with Gasteiger partial charge < -0.3 is 0 Å². The van der Waals surface area contributed by atoms with Gasteiger partial charge in [-0.25, -0.2) is 4.68 Å². The first kappa shape index (κ1) is 12.7. The molecule has 2 nitrogen and oxygen atoms in total. The molecule has 0 atom stereocenters. The van der Waals surface area contributed by atoms with Crippen molar-refractivity contribution in [1.82, 2.24) is 9.78 Å². The van der Waals surface area contributed by atoms with E-state index in [0.717, 1.165) is 28.6 Å². The van der Waals surface area contributed by atoms with E-state index in [1.54, 1.807) is 0 Å². The zero-order valence-electron chi connectivity index (χ0n) is 9.66. The lowest BCUT2D eigenvalue weighted by Gasteiger charge is -2.09. The molecule has 2 rings (SSSR count). The number of hydrogen-bond acceptors (Lipinski definition) is 1. The quantitative estimate of drug-likeness (QED) is 0.768. The molecular formula is C13H14BrClN2. The van der Waals surface area contributed by atoms with Gasteiger partial charge in [0, 0.05) is 15.7 Å². The summed E-state index contributed by atoms with van der Waals surface area (Å²) in [6.07, 6.45) is 3.93. The van der Waals surface area contributed by atoms with E-state index >= 15 is 0 Å². The molecule has 17 heavy (non-hydrogen) atoms. The van der Waals surface area contributed by atoms with Crippen LogP contribution in [0, 0.1) is 0 Å². The largest absolute Gasteiger partial charge is 0.236 e. The number of aromatic nitrogens is 2. The van der Waals surface area contributed by atoms with Crippen LogP contribution < -0.4 is 0 Å². The van der Waals surface area contributed by atoms with Crippen molar-refractivity contribution in [2.24, 2.45) is 0 Å². The van der Waals surface area contributed by atoms with Crippen LogP contribution in [-0.4, -0.2) is 9.78 Å². The van der Waals surface area contributed by atoms with Gasteiger partial charge in [-0.05, 0) is 34.5 Å². The predicted molar refractivity (Wildman–Crippen MR) is 74.8 cm³/mol. The van der Waals surface area contributed by atoms with Crippen molar-refractivity contribution < 1.29 is 0 Å². The molecule has 0 spiro atoms. The summed E-state index contributed by atoms with van der Waals surface area (Å²) >= 11 is 9.50. The van der Waals surface area contributed by atoms with Gasteiger partial charge in [0.2, 0.25) is 0 Å². The van der Waals surface area contributed by atoms with Crippen LogP contribution in [0.3, 0.4) is 0 Å². The van der Waals surface area contributed by atoms with Crippen molar-refractivity contribution in [3.8, 4) is 5.69 Å². The Bertz CT molecular complexity index is 508. The highest BCUT2D eigenvalue weighted by molar-refractivity contribution is 9.10. The van der Waals surface area contributed by atoms with E-state index in [2.05, 4.69) is 28.0 Å². The first-order chi connectivity index (χ1) is 8.27. The van der Waals surface area contributed by atoms with Crippen molar-refractivity contribution in [3.05, 3.63) is 46.2 Å². The Morgan fingerprint density at radius 3 is 2.76 bits per heavy atom. The fourth-order valence-corrected chi connectivity index (χ4v) is 2.53. The van der Waals surface area contributed by atoms with Crippen LogP contribution in [0.15, 0.2) is 34.9 Å². The average molecular weight is 314 g/mol. The molecule has 1 aromatic heterocycles. The van der Waals surface area contributed by atoms with Crippen molar-refractivity contribution in [2.45, 2.75) is 25.6 Å². The Hall–Kier alpha value is -0.800. The first-order valence-corrected chi connectivity index (χ1v) is 6.97. The van der Waals surface area contributed by atoms with E-state index in [0.29, 0.717) is 5.88 Å². The second-order valence-electron chi connectivity index (χ2n) is 3.86. The third-order valence-corrected chi connectivity index (χ3v) is 3.63. The Balaban J connectivity index is 2.52. The number of alkyl halides is 1. The van der Waals surface area contributed by atoms with Gasteiger partial charge in [0.1, 0.15) is 0 Å². The zero-order valence-corrected chi connectivity index (χ0v) is 12.0. The van der Waals surface area contributed by atoms with Gasteiger partial charge in [0.05, 0.1) is 17.8 Å². The van der Waals surface area contributed by atoms with Crippen LogP contribution >= 0.6 is 27.5 Å². The smallest absolute Gasteiger partial charge is 0.0790 e. The Labute approximate surface area is 115 Å². The summed E-state index contributed by atoms with van der Waals surface area (Å²) in [5.41, 5.74) is 3.38. The summed E-state index contributed by atoms with van der Waals surface area (Å²) in [5, 5.41) is 4.44. The number of rotatable bonds is 4. The molecule has 4 heteroatoms. The van der Waals surface area contributed by atoms with E-state index in [9.17, 15) is 0 Å². The van der Waals surface area contributed by atoms with Gasteiger partial charge in [0.15, 0.2) is 0 Å². The lowest BCUT2D eigenvalue weighted by atomic mass is 10.2. The normalized spacial score (nSPS) is 10.8. The number of hydrogen-bond donors (Lipinski definition) is 0. The van der Waals surface area contributed by atoms with Crippen molar-refractivity contribution in [1.29, 1.82) is 0 Å². The Morgan fingerprint density at radius 2 is 2.12 bits per heavy atom. The van der Waals surface area contributed by atoms with Gasteiger partial charge in [-0.1, -0.05) is 25.5 Å². The second-order valence-corrected chi connectivity index (χ2v) is 4.98. The second kappa shape index (κ2) is 5.69. The monoisotopic (exact) mass is 312 g/mol. The lowest BCUT2D eigenvalue weighted by molar-refractivity contribution is 0.769. The maximum Gasteiger partial charge on any atom is 0.0790 e. The minimum absolute atomic E-state index is 0.514. The molecule has 0 N–H and O–H groups in total. The number of halogens is 2. The highest BCUT2D eigenvalue weighted by atomic mass is 79.9. The van der Waals surface area contributed by atoms with E-state index in [1.165, 1.54) is 5.69 Å². The van der Waals surface area contributed by atoms with Crippen LogP contribution in [0.5, 0.6) is 0 Å². The topological polar surface area (TPSA) is 17.8 Å². The third kappa shape index (κ3) is 2.55. The van der Waals surface area contributed by atoms with Gasteiger partial charge in [-0.3, -0.25) is 0 Å². The van der Waals surface area contributed by atoms with E-state index < -0.39 is 0 Å². The number of benzene rings is 1. The highest BCUT2D eigenvalue weighted by Gasteiger charge is 2.12. The molecular weight excluding hydrogens is 300 g/mol. The Morgan fingerprint density at radius 1 is 1.35 bits per heavy atom. The minimum atomic E-state index is 0.514. The van der Waals surface area contributed by atoms with E-state index in [1.807, 2.05) is 35.1 Å². The van der Waals surface area contributed by atoms with Gasteiger partial charge in [-0.2, -0.15) is 5.10 Å². The van der Waals surface area contributed by atoms with Crippen LogP contribution in [-0.2, 0) is 12.3 Å². The SMILES string of the molecule is CCCc1c(CCl)cnn1-c1ccccc1Br. The fourth-order valence-electron chi connectivity index (χ4n) is 1.85. The highest BCUT2D eigenvalue weighted by Crippen LogP contribution is 2.24. The first-order valence-electron chi connectivity index (χ1n) is 5.64. The minimum Gasteiger partial charge on any atom is -0.236 e. The summed E-state index contributed by atoms with van der Waals surface area (Å²) in [4.78, 5) is 0. The van der Waals surface area contributed by atoms with Gasteiger partial charge >= 0.3 is 0 Å². The molecule has 0 saturated heterocycles. The molecule has 0 unspecified atom stereocenters. The summed E-state index contributed by atoms with van der Waals surface area (Å²) < 4.78 is 3.02. The summed E-state index contributed by atoms with van der Waals surface area (Å²) in [7, 11) is 0. The molecule has 2 aromatic rings. The zero-order chi connectivity index (χ0) is 12.3. The number of nitrogens with zero attached hydrogens (tertiary/aromatic N) is 2. The maximum absolute atomic E-state index is 5.94. The predicted octanol–water partition coefficient (Wildman–Crippen LogP) is 4.33. The van der Waals surface area contributed by atoms with Crippen LogP contribution in [0.2, 0.25) is 0 Å². The molecule has 90 valence electrons. The molecule has 0 saturated carbocycles. The molecule has 0 radical (unpaired) electrons. The molecule has 0 amide bonds. The summed E-state index contributed by atoms with van der Waals surface area (Å²) in [6, 6.07) is 8.08. The van der Waals surface area contributed by atoms with Crippen LogP contribution in [0.1, 0.15) is 24.6 Å². The van der Waals surface area contributed by atoms with Crippen LogP contribution in [0.4, 0.5) is 0 Å². The molecule has 0 aliphatic heterocycles. The molecule has 0 aliphatic carbocycles. The fraction of sp³-hybridized carbons (Fsp3) is 0.308. The van der Waals surface area contributed by atoms with Crippen molar-refractivity contribution >= 4 is 27.5 Å². The molecule has 1 heterocycles. The van der Waals surface area contributed by atoms with Gasteiger partial charge in [-0.15, -0.1) is 11.6 Å². The Kier molecular flexibility index (Phi) is 4.24. The summed E-state index contributed by atoms with van der Waals surface area (Å²) in [5.74, 6) is 0.514. The maximum atomic E-state index is 5.94. The molecule has 0 fully saturated rings. The number of para-hydroxylation sites is 1. The van der Waals surface area contributed by atoms with Crippen molar-refractivity contribution in [2.75, 3.05) is 0 Å². The van der Waals surface area contributed by atoms with E-state index in [-0.39, 0.29) is 0 Å². The van der Waals surface area contributed by atoms with E-state index in [4.69, 9.17) is 11.6 Å². The molecule has 1 aromatic carbocycles. The van der Waals surface area contributed by atoms with Gasteiger partial charge in [0.25, 0.3) is 0 Å². The lowest BCUT2D eigenvalue weighted by Crippen LogP contribution is -2.04. The van der Waals surface area contributed by atoms with Crippen LogP contribution in [0.25, 0.3) is 5.69 Å². The standard InChI is InChI=1S/C13H14BrClN2/c1-2-5-12-10(8-15)9-16-17(12)13-7-4-3-6-11(13)14/h3-4,6-7,9H,2,5,8H2,1H3. The summed E-state index contributed by atoms with van der Waals surface area (Å²) in [6.45, 7) is 2.16. The average Bonchev–Trinajstić information content (AvgIpc) is 2.73. The molecule has 0 aliphatic rings.